The maximum Gasteiger partial charge on any atom is 0.377 e. The van der Waals surface area contributed by atoms with E-state index < -0.39 is 27.9 Å². The molecule has 0 radical (unpaired) electrons. The summed E-state index contributed by atoms with van der Waals surface area (Å²) in [6.45, 7) is 0. The van der Waals surface area contributed by atoms with Crippen molar-refractivity contribution in [3.8, 4) is 0 Å². The lowest BCUT2D eigenvalue weighted by molar-refractivity contribution is -0.385. The van der Waals surface area contributed by atoms with E-state index in [-0.39, 0.29) is 10.6 Å². The lowest BCUT2D eigenvalue weighted by atomic mass is 10.2. The van der Waals surface area contributed by atoms with Crippen LogP contribution in [0.1, 0.15) is 10.4 Å². The van der Waals surface area contributed by atoms with Gasteiger partial charge in [0.25, 0.3) is 5.91 Å². The number of hydrazine groups is 1. The SMILES string of the molecule is O=C(NNc1nc[nH]c(=O)c1[N+](=O)[O-])c1ccc(Cl)cc1Cl. The van der Waals surface area contributed by atoms with Crippen molar-refractivity contribution in [2.24, 2.45) is 0 Å². The number of rotatable bonds is 4. The van der Waals surface area contributed by atoms with Gasteiger partial charge in [-0.15, -0.1) is 0 Å². The van der Waals surface area contributed by atoms with E-state index in [4.69, 9.17) is 23.2 Å². The van der Waals surface area contributed by atoms with Gasteiger partial charge in [0, 0.05) is 5.02 Å². The molecule has 22 heavy (non-hydrogen) atoms. The summed E-state index contributed by atoms with van der Waals surface area (Å²) < 4.78 is 0. The van der Waals surface area contributed by atoms with Gasteiger partial charge in [0.2, 0.25) is 5.82 Å². The lowest BCUT2D eigenvalue weighted by Gasteiger charge is -2.08. The largest absolute Gasteiger partial charge is 0.377 e. The van der Waals surface area contributed by atoms with E-state index in [1.807, 2.05) is 0 Å². The van der Waals surface area contributed by atoms with Crippen LogP contribution in [0.5, 0.6) is 0 Å². The van der Waals surface area contributed by atoms with Crippen molar-refractivity contribution in [2.45, 2.75) is 0 Å². The van der Waals surface area contributed by atoms with Gasteiger partial charge in [0.05, 0.1) is 21.8 Å². The molecule has 11 heteroatoms. The molecule has 1 amide bonds. The highest BCUT2D eigenvalue weighted by Crippen LogP contribution is 2.21. The van der Waals surface area contributed by atoms with E-state index in [1.54, 1.807) is 0 Å². The Balaban J connectivity index is 2.20. The number of hydrogen-bond donors (Lipinski definition) is 3. The van der Waals surface area contributed by atoms with Crippen LogP contribution in [0.2, 0.25) is 10.0 Å². The number of nitrogens with zero attached hydrogens (tertiary/aromatic N) is 2. The third kappa shape index (κ3) is 3.32. The first-order valence-corrected chi connectivity index (χ1v) is 6.39. The van der Waals surface area contributed by atoms with E-state index in [1.165, 1.54) is 18.2 Å². The zero-order valence-corrected chi connectivity index (χ0v) is 12.1. The average molecular weight is 344 g/mol. The average Bonchev–Trinajstić information content (AvgIpc) is 2.44. The molecule has 0 aliphatic carbocycles. The minimum absolute atomic E-state index is 0.0889. The number of aromatic nitrogens is 2. The molecule has 0 unspecified atom stereocenters. The van der Waals surface area contributed by atoms with Crippen LogP contribution in [0.4, 0.5) is 11.5 Å². The Morgan fingerprint density at radius 1 is 1.36 bits per heavy atom. The number of nitrogens with one attached hydrogen (secondary N) is 3. The first kappa shape index (κ1) is 15.7. The predicted octanol–water partition coefficient (Wildman–Crippen LogP) is 1.74. The minimum Gasteiger partial charge on any atom is -0.307 e. The quantitative estimate of drug-likeness (QED) is 0.572. The summed E-state index contributed by atoms with van der Waals surface area (Å²) in [7, 11) is 0. The normalized spacial score (nSPS) is 10.1. The Kier molecular flexibility index (Phi) is 4.59. The molecule has 2 aromatic rings. The maximum absolute atomic E-state index is 11.9. The molecule has 0 saturated carbocycles. The molecule has 0 aliphatic heterocycles. The van der Waals surface area contributed by atoms with Crippen molar-refractivity contribution >= 4 is 40.6 Å². The Hall–Kier alpha value is -2.65. The Morgan fingerprint density at radius 2 is 2.09 bits per heavy atom. The fraction of sp³-hybridized carbons (Fsp3) is 0. The van der Waals surface area contributed by atoms with Gasteiger partial charge in [-0.2, -0.15) is 0 Å². The molecule has 0 saturated heterocycles. The van der Waals surface area contributed by atoms with Gasteiger partial charge in [-0.3, -0.25) is 30.6 Å². The van der Waals surface area contributed by atoms with Crippen molar-refractivity contribution in [3.63, 3.8) is 0 Å². The standard InChI is InChI=1S/C11H7Cl2N5O4/c12-5-1-2-6(7(13)3-5)10(19)17-16-9-8(18(21)22)11(20)15-4-14-9/h1-4H,(H,17,19)(H2,14,15,16,20). The van der Waals surface area contributed by atoms with Gasteiger partial charge in [0.1, 0.15) is 0 Å². The van der Waals surface area contributed by atoms with Gasteiger partial charge in [-0.25, -0.2) is 4.98 Å². The summed E-state index contributed by atoms with van der Waals surface area (Å²) in [4.78, 5) is 38.8. The van der Waals surface area contributed by atoms with Gasteiger partial charge in [-0.05, 0) is 18.2 Å². The fourth-order valence-electron chi connectivity index (χ4n) is 1.51. The van der Waals surface area contributed by atoms with Crippen molar-refractivity contribution in [3.05, 3.63) is 60.6 Å². The molecular formula is C11H7Cl2N5O4. The van der Waals surface area contributed by atoms with Crippen LogP contribution in [0, 0.1) is 10.1 Å². The number of amides is 1. The van der Waals surface area contributed by atoms with Crippen LogP contribution in [0.3, 0.4) is 0 Å². The number of anilines is 1. The predicted molar refractivity (Wildman–Crippen MR) is 79.1 cm³/mol. The molecule has 0 atom stereocenters. The summed E-state index contributed by atoms with van der Waals surface area (Å²) in [5.41, 5.74) is 2.68. The van der Waals surface area contributed by atoms with Gasteiger partial charge in [0.15, 0.2) is 0 Å². The number of halogens is 2. The second kappa shape index (κ2) is 6.41. The lowest BCUT2D eigenvalue weighted by Crippen LogP contribution is -2.31. The third-order valence-corrected chi connectivity index (χ3v) is 3.03. The zero-order chi connectivity index (χ0) is 16.3. The van der Waals surface area contributed by atoms with E-state index in [9.17, 15) is 19.7 Å². The van der Waals surface area contributed by atoms with Gasteiger partial charge < -0.3 is 4.98 Å². The molecule has 2 rings (SSSR count). The molecule has 0 fully saturated rings. The number of carbonyl (C=O) groups excluding carboxylic acids is 1. The van der Waals surface area contributed by atoms with Crippen molar-refractivity contribution in [1.82, 2.24) is 15.4 Å². The molecular weight excluding hydrogens is 337 g/mol. The first-order valence-electron chi connectivity index (χ1n) is 5.63. The smallest absolute Gasteiger partial charge is 0.307 e. The van der Waals surface area contributed by atoms with Gasteiger partial charge in [-0.1, -0.05) is 23.2 Å². The third-order valence-electron chi connectivity index (χ3n) is 2.48. The molecule has 9 nitrogen and oxygen atoms in total. The Labute approximate surface area is 132 Å². The van der Waals surface area contributed by atoms with Crippen LogP contribution >= 0.6 is 23.2 Å². The summed E-state index contributed by atoms with van der Waals surface area (Å²) in [5.74, 6) is -1.09. The number of nitro groups is 1. The van der Waals surface area contributed by atoms with Crippen LogP contribution in [0.15, 0.2) is 29.3 Å². The van der Waals surface area contributed by atoms with E-state index in [2.05, 4.69) is 20.8 Å². The molecule has 3 N–H and O–H groups in total. The second-order valence-corrected chi connectivity index (χ2v) is 4.73. The van der Waals surface area contributed by atoms with Crippen LogP contribution in [-0.2, 0) is 0 Å². The topological polar surface area (TPSA) is 130 Å². The zero-order valence-electron chi connectivity index (χ0n) is 10.6. The summed E-state index contributed by atoms with van der Waals surface area (Å²) in [6.07, 6.45) is 0.957. The number of aromatic amines is 1. The molecule has 1 aromatic carbocycles. The van der Waals surface area contributed by atoms with Crippen LogP contribution in [0.25, 0.3) is 0 Å². The van der Waals surface area contributed by atoms with E-state index in [0.29, 0.717) is 5.02 Å². The van der Waals surface area contributed by atoms with E-state index >= 15 is 0 Å². The fourth-order valence-corrected chi connectivity index (χ4v) is 2.00. The summed E-state index contributed by atoms with van der Waals surface area (Å²) >= 11 is 11.6. The number of benzene rings is 1. The summed E-state index contributed by atoms with van der Waals surface area (Å²) in [5, 5.41) is 11.3. The van der Waals surface area contributed by atoms with Crippen LogP contribution in [-0.4, -0.2) is 20.8 Å². The van der Waals surface area contributed by atoms with Crippen molar-refractivity contribution in [2.75, 3.05) is 5.43 Å². The van der Waals surface area contributed by atoms with Crippen molar-refractivity contribution in [1.29, 1.82) is 0 Å². The Bertz CT molecular complexity index is 807. The van der Waals surface area contributed by atoms with E-state index in [0.717, 1.165) is 6.33 Å². The summed E-state index contributed by atoms with van der Waals surface area (Å²) in [6, 6.07) is 4.20. The Morgan fingerprint density at radius 3 is 2.73 bits per heavy atom. The monoisotopic (exact) mass is 343 g/mol. The highest BCUT2D eigenvalue weighted by molar-refractivity contribution is 6.36. The highest BCUT2D eigenvalue weighted by Gasteiger charge is 2.21. The molecule has 0 bridgehead atoms. The maximum atomic E-state index is 11.9. The number of carbonyl (C=O) groups is 1. The van der Waals surface area contributed by atoms with Crippen LogP contribution < -0.4 is 16.4 Å². The molecule has 114 valence electrons. The first-order chi connectivity index (χ1) is 10.4. The minimum atomic E-state index is -0.957. The number of H-pyrrole nitrogens is 1. The molecule has 0 aliphatic rings. The highest BCUT2D eigenvalue weighted by atomic mass is 35.5. The molecule has 1 aromatic heterocycles. The number of hydrogen-bond acceptors (Lipinski definition) is 6. The van der Waals surface area contributed by atoms with Crippen molar-refractivity contribution < 1.29 is 9.72 Å². The van der Waals surface area contributed by atoms with Gasteiger partial charge >= 0.3 is 11.2 Å². The molecule has 0 spiro atoms. The second-order valence-electron chi connectivity index (χ2n) is 3.89. The molecule has 1 heterocycles.